The second-order valence-corrected chi connectivity index (χ2v) is 8.69. The van der Waals surface area contributed by atoms with Crippen LogP contribution in [0.1, 0.15) is 33.4 Å². The Balaban J connectivity index is 1.84. The van der Waals surface area contributed by atoms with Crippen LogP contribution in [0.2, 0.25) is 0 Å². The third kappa shape index (κ3) is 5.02. The number of anilines is 1. The van der Waals surface area contributed by atoms with E-state index in [1.54, 1.807) is 20.8 Å². The lowest BCUT2D eigenvalue weighted by atomic mass is 9.92. The van der Waals surface area contributed by atoms with Crippen LogP contribution in [0.5, 0.6) is 0 Å². The summed E-state index contributed by atoms with van der Waals surface area (Å²) in [4.78, 5) is 39.4. The van der Waals surface area contributed by atoms with Gasteiger partial charge < -0.3 is 29.2 Å². The lowest BCUT2D eigenvalue weighted by Gasteiger charge is -2.24. The van der Waals surface area contributed by atoms with E-state index in [1.807, 2.05) is 6.07 Å². The highest BCUT2D eigenvalue weighted by Crippen LogP contribution is 2.41. The van der Waals surface area contributed by atoms with E-state index in [-0.39, 0.29) is 17.0 Å². The highest BCUT2D eigenvalue weighted by Gasteiger charge is 2.59. The molecule has 1 aliphatic heterocycles. The second-order valence-electron chi connectivity index (χ2n) is 8.69. The van der Waals surface area contributed by atoms with Crippen LogP contribution in [0.15, 0.2) is 18.5 Å². The molecule has 1 aliphatic rings. The Hall–Kier alpha value is -3.80. The molecular weight excluding hydrogens is 466 g/mol. The lowest BCUT2D eigenvalue weighted by molar-refractivity contribution is -0.161. The number of aromatic nitrogens is 3. The third-order valence-electron chi connectivity index (χ3n) is 5.12. The SMILES string of the molecule is CC(=O)O[C@H]1[C@@H](O)[C@](C#N)(c2ccc3c(NC(=O)OCOC(=O)C(C)(C)C)ncnn23)O[C@@H]1CO. The number of nitrogens with one attached hydrogen (secondary N) is 1. The zero-order valence-electron chi connectivity index (χ0n) is 19.4. The fourth-order valence-corrected chi connectivity index (χ4v) is 3.44. The van der Waals surface area contributed by atoms with Crippen LogP contribution in [-0.2, 0) is 34.1 Å². The molecule has 0 unspecified atom stereocenters. The topological polar surface area (TPSA) is 195 Å². The standard InChI is InChI=1S/C21H25N5O9/c1-11(28)34-15-13(7-27)35-21(8-22,16(15)29)14-6-5-12-17(23-9-24-26(12)14)25-19(31)33-10-32-18(30)20(2,3)4/h5-6,9,13,15-16,27,29H,7,10H2,1-4H3,(H,23,24,25,31)/t13-,15-,16-,21+/m1/s1. The summed E-state index contributed by atoms with van der Waals surface area (Å²) < 4.78 is 21.7. The molecule has 0 spiro atoms. The van der Waals surface area contributed by atoms with Crippen molar-refractivity contribution in [2.75, 3.05) is 18.7 Å². The molecule has 3 N–H and O–H groups in total. The number of amides is 1. The van der Waals surface area contributed by atoms with Crippen LogP contribution in [0, 0.1) is 16.7 Å². The maximum Gasteiger partial charge on any atom is 0.415 e. The Morgan fingerprint density at radius 1 is 1.31 bits per heavy atom. The normalized spacial score (nSPS) is 24.0. The molecule has 14 nitrogen and oxygen atoms in total. The summed E-state index contributed by atoms with van der Waals surface area (Å²) in [5.74, 6) is -1.31. The molecule has 1 saturated heterocycles. The summed E-state index contributed by atoms with van der Waals surface area (Å²) in [5, 5.41) is 36.9. The maximum absolute atomic E-state index is 12.2. The van der Waals surface area contributed by atoms with E-state index in [0.29, 0.717) is 0 Å². The number of hydrogen-bond donors (Lipinski definition) is 3. The number of rotatable bonds is 6. The van der Waals surface area contributed by atoms with Gasteiger partial charge in [0.05, 0.1) is 17.7 Å². The van der Waals surface area contributed by atoms with Crippen molar-refractivity contribution >= 4 is 29.4 Å². The van der Waals surface area contributed by atoms with Gasteiger partial charge in [0.25, 0.3) is 0 Å². The van der Waals surface area contributed by atoms with E-state index in [2.05, 4.69) is 15.4 Å². The molecule has 0 aromatic carbocycles. The Kier molecular flexibility index (Phi) is 7.25. The van der Waals surface area contributed by atoms with Crippen molar-refractivity contribution in [1.82, 2.24) is 14.6 Å². The third-order valence-corrected chi connectivity index (χ3v) is 5.12. The minimum absolute atomic E-state index is 0.0192. The fourth-order valence-electron chi connectivity index (χ4n) is 3.44. The number of ether oxygens (including phenoxy) is 4. The molecule has 14 heteroatoms. The Bertz CT molecular complexity index is 1170. The molecular formula is C21H25N5O9. The van der Waals surface area contributed by atoms with Crippen molar-refractivity contribution in [2.45, 2.75) is 51.6 Å². The first-order valence-electron chi connectivity index (χ1n) is 10.4. The van der Waals surface area contributed by atoms with Crippen LogP contribution in [-0.4, -0.2) is 74.6 Å². The molecule has 2 aromatic heterocycles. The molecule has 0 aliphatic carbocycles. The van der Waals surface area contributed by atoms with E-state index >= 15 is 0 Å². The summed E-state index contributed by atoms with van der Waals surface area (Å²) in [7, 11) is 0. The van der Waals surface area contributed by atoms with E-state index in [0.717, 1.165) is 13.3 Å². The van der Waals surface area contributed by atoms with Crippen LogP contribution < -0.4 is 5.32 Å². The van der Waals surface area contributed by atoms with Gasteiger partial charge in [0, 0.05) is 6.92 Å². The number of fused-ring (bicyclic) bond motifs is 1. The monoisotopic (exact) mass is 491 g/mol. The number of hydrogen-bond acceptors (Lipinski definition) is 12. The molecule has 188 valence electrons. The Labute approximate surface area is 199 Å². The number of esters is 2. The smallest absolute Gasteiger partial charge is 0.415 e. The molecule has 0 radical (unpaired) electrons. The quantitative estimate of drug-likeness (QED) is 0.368. The van der Waals surface area contributed by atoms with E-state index in [9.17, 15) is 29.9 Å². The minimum atomic E-state index is -2.06. The van der Waals surface area contributed by atoms with Gasteiger partial charge in [-0.1, -0.05) is 0 Å². The Morgan fingerprint density at radius 3 is 2.63 bits per heavy atom. The van der Waals surface area contributed by atoms with Gasteiger partial charge >= 0.3 is 18.0 Å². The van der Waals surface area contributed by atoms with Gasteiger partial charge in [-0.05, 0) is 32.9 Å². The lowest BCUT2D eigenvalue weighted by Crippen LogP contribution is -2.42. The number of carbonyl (C=O) groups is 3. The van der Waals surface area contributed by atoms with Crippen molar-refractivity contribution in [3.63, 3.8) is 0 Å². The fraction of sp³-hybridized carbons (Fsp3) is 0.524. The average molecular weight is 491 g/mol. The van der Waals surface area contributed by atoms with Gasteiger partial charge in [-0.25, -0.2) is 14.3 Å². The molecule has 0 saturated carbocycles. The number of nitriles is 1. The first kappa shape index (κ1) is 25.8. The summed E-state index contributed by atoms with van der Waals surface area (Å²) >= 11 is 0. The van der Waals surface area contributed by atoms with E-state index < -0.39 is 60.8 Å². The summed E-state index contributed by atoms with van der Waals surface area (Å²) in [6, 6.07) is 4.74. The molecule has 3 heterocycles. The van der Waals surface area contributed by atoms with Crippen LogP contribution >= 0.6 is 0 Å². The first-order valence-corrected chi connectivity index (χ1v) is 10.4. The van der Waals surface area contributed by atoms with Gasteiger partial charge in [-0.15, -0.1) is 0 Å². The highest BCUT2D eigenvalue weighted by atomic mass is 16.7. The highest BCUT2D eigenvalue weighted by molar-refractivity contribution is 5.88. The molecule has 0 bridgehead atoms. The molecule has 4 atom stereocenters. The van der Waals surface area contributed by atoms with Crippen molar-refractivity contribution in [2.24, 2.45) is 5.41 Å². The van der Waals surface area contributed by atoms with E-state index in [4.69, 9.17) is 18.9 Å². The van der Waals surface area contributed by atoms with Crippen molar-refractivity contribution in [3.05, 3.63) is 24.2 Å². The Morgan fingerprint density at radius 2 is 2.03 bits per heavy atom. The summed E-state index contributed by atoms with van der Waals surface area (Å²) in [5.41, 5.74) is -2.59. The van der Waals surface area contributed by atoms with Crippen LogP contribution in [0.4, 0.5) is 10.6 Å². The summed E-state index contributed by atoms with van der Waals surface area (Å²) in [6.45, 7) is 4.81. The molecule has 1 fully saturated rings. The second kappa shape index (κ2) is 9.82. The largest absolute Gasteiger partial charge is 0.457 e. The molecule has 1 amide bonds. The zero-order chi connectivity index (χ0) is 26.0. The minimum Gasteiger partial charge on any atom is -0.457 e. The van der Waals surface area contributed by atoms with Gasteiger partial charge in [0.15, 0.2) is 11.9 Å². The first-order chi connectivity index (χ1) is 16.4. The molecule has 35 heavy (non-hydrogen) atoms. The predicted octanol–water partition coefficient (Wildman–Crippen LogP) is 0.227. The number of nitrogens with zero attached hydrogens (tertiary/aromatic N) is 4. The van der Waals surface area contributed by atoms with Gasteiger partial charge in [-0.2, -0.15) is 10.4 Å². The van der Waals surface area contributed by atoms with Crippen molar-refractivity contribution in [3.8, 4) is 6.07 Å². The number of aliphatic hydroxyl groups excluding tert-OH is 2. The van der Waals surface area contributed by atoms with Gasteiger partial charge in [0.2, 0.25) is 12.4 Å². The number of aliphatic hydroxyl groups is 2. The maximum atomic E-state index is 12.2. The molecule has 3 rings (SSSR count). The summed E-state index contributed by atoms with van der Waals surface area (Å²) in [6.07, 6.45) is -4.05. The van der Waals surface area contributed by atoms with Crippen LogP contribution in [0.25, 0.3) is 5.52 Å². The van der Waals surface area contributed by atoms with Gasteiger partial charge in [0.1, 0.15) is 30.1 Å². The molecule has 2 aromatic rings. The average Bonchev–Trinajstić information content (AvgIpc) is 3.33. The number of carbonyl (C=O) groups excluding carboxylic acids is 3. The van der Waals surface area contributed by atoms with Crippen molar-refractivity contribution in [1.29, 1.82) is 5.26 Å². The zero-order valence-corrected chi connectivity index (χ0v) is 19.4. The van der Waals surface area contributed by atoms with Crippen LogP contribution in [0.3, 0.4) is 0 Å². The van der Waals surface area contributed by atoms with Gasteiger partial charge in [-0.3, -0.25) is 14.9 Å². The predicted molar refractivity (Wildman–Crippen MR) is 114 cm³/mol. The van der Waals surface area contributed by atoms with E-state index in [1.165, 1.54) is 16.6 Å². The van der Waals surface area contributed by atoms with Crippen molar-refractivity contribution < 1.29 is 43.5 Å².